The molecule has 0 fully saturated rings. The highest BCUT2D eigenvalue weighted by molar-refractivity contribution is 7.16. The lowest BCUT2D eigenvalue weighted by atomic mass is 10.2. The van der Waals surface area contributed by atoms with Crippen molar-refractivity contribution in [3.05, 3.63) is 52.8 Å². The van der Waals surface area contributed by atoms with Gasteiger partial charge in [0.25, 0.3) is 5.91 Å². The summed E-state index contributed by atoms with van der Waals surface area (Å²) in [5.41, 5.74) is 1.54. The number of rotatable bonds is 9. The van der Waals surface area contributed by atoms with Gasteiger partial charge in [-0.05, 0) is 56.7 Å². The molecule has 3 rings (SSSR count). The van der Waals surface area contributed by atoms with Crippen LogP contribution in [0.3, 0.4) is 0 Å². The van der Waals surface area contributed by atoms with Crippen LogP contribution in [0.2, 0.25) is 0 Å². The van der Waals surface area contributed by atoms with Crippen LogP contribution < -0.4 is 14.3 Å². The number of thiazole rings is 1. The van der Waals surface area contributed by atoms with Gasteiger partial charge in [0, 0.05) is 12.1 Å². The van der Waals surface area contributed by atoms with E-state index in [2.05, 4.69) is 11.9 Å². The smallest absolute Gasteiger partial charge is 0.279 e. The fourth-order valence-electron chi connectivity index (χ4n) is 3.14. The third-order valence-electron chi connectivity index (χ3n) is 4.60. The maximum Gasteiger partial charge on any atom is 0.279 e. The van der Waals surface area contributed by atoms with Crippen LogP contribution in [-0.4, -0.2) is 23.7 Å². The Labute approximate surface area is 175 Å². The fraction of sp³-hybridized carbons (Fsp3) is 0.391. The van der Waals surface area contributed by atoms with E-state index in [1.54, 1.807) is 12.1 Å². The van der Waals surface area contributed by atoms with E-state index in [0.717, 1.165) is 34.6 Å². The van der Waals surface area contributed by atoms with Crippen LogP contribution in [0, 0.1) is 0 Å². The van der Waals surface area contributed by atoms with Crippen molar-refractivity contribution in [2.75, 3.05) is 13.2 Å². The Balaban J connectivity index is 1.85. The number of para-hydroxylation sites is 1. The van der Waals surface area contributed by atoms with Crippen molar-refractivity contribution in [2.45, 2.75) is 46.6 Å². The van der Waals surface area contributed by atoms with Crippen molar-refractivity contribution in [1.82, 2.24) is 4.57 Å². The molecule has 0 aliphatic carbocycles. The summed E-state index contributed by atoms with van der Waals surface area (Å²) in [6.45, 7) is 8.18. The Kier molecular flexibility index (Phi) is 7.47. The van der Waals surface area contributed by atoms with Gasteiger partial charge in [-0.2, -0.15) is 4.99 Å². The van der Waals surface area contributed by atoms with Crippen molar-refractivity contribution in [2.24, 2.45) is 4.99 Å². The van der Waals surface area contributed by atoms with Crippen LogP contribution in [0.25, 0.3) is 10.2 Å². The molecule has 0 atom stereocenters. The first kappa shape index (κ1) is 21.1. The molecule has 0 N–H and O–H groups in total. The second-order valence-electron chi connectivity index (χ2n) is 6.66. The topological polar surface area (TPSA) is 52.8 Å². The summed E-state index contributed by atoms with van der Waals surface area (Å²) in [5.74, 6) is 1.35. The molecule has 3 aromatic rings. The summed E-state index contributed by atoms with van der Waals surface area (Å²) in [5, 5.41) is 0. The monoisotopic (exact) mass is 412 g/mol. The minimum absolute atomic E-state index is 0.255. The average molecular weight is 413 g/mol. The van der Waals surface area contributed by atoms with E-state index in [1.807, 2.05) is 48.7 Å². The number of fused-ring (bicyclic) bond motifs is 1. The summed E-state index contributed by atoms with van der Waals surface area (Å²) in [6, 6.07) is 13.2. The van der Waals surface area contributed by atoms with Crippen LogP contribution in [0.4, 0.5) is 0 Å². The molecule has 29 heavy (non-hydrogen) atoms. The van der Waals surface area contributed by atoms with Gasteiger partial charge in [0.15, 0.2) is 4.80 Å². The van der Waals surface area contributed by atoms with E-state index in [9.17, 15) is 4.79 Å². The van der Waals surface area contributed by atoms with E-state index in [1.165, 1.54) is 17.8 Å². The van der Waals surface area contributed by atoms with Gasteiger partial charge in [-0.25, -0.2) is 0 Å². The third-order valence-corrected chi connectivity index (χ3v) is 5.64. The quantitative estimate of drug-likeness (QED) is 0.440. The summed E-state index contributed by atoms with van der Waals surface area (Å²) in [4.78, 5) is 17.8. The normalized spacial score (nSPS) is 11.8. The van der Waals surface area contributed by atoms with Gasteiger partial charge in [0.2, 0.25) is 0 Å². The molecule has 0 spiro atoms. The molecular weight excluding hydrogens is 384 g/mol. The molecule has 5 nitrogen and oxygen atoms in total. The van der Waals surface area contributed by atoms with Gasteiger partial charge in [-0.3, -0.25) is 4.79 Å². The van der Waals surface area contributed by atoms with Crippen molar-refractivity contribution in [1.29, 1.82) is 0 Å². The molecule has 1 amide bonds. The number of unbranched alkanes of at least 4 members (excludes halogenated alkanes) is 2. The molecule has 0 radical (unpaired) electrons. The van der Waals surface area contributed by atoms with Gasteiger partial charge in [0.05, 0.1) is 17.9 Å². The van der Waals surface area contributed by atoms with Gasteiger partial charge >= 0.3 is 0 Å². The molecule has 0 aliphatic heterocycles. The number of amides is 1. The number of carbonyl (C=O) groups is 1. The highest BCUT2D eigenvalue weighted by Gasteiger charge is 2.12. The fourth-order valence-corrected chi connectivity index (χ4v) is 4.25. The Morgan fingerprint density at radius 1 is 1.03 bits per heavy atom. The summed E-state index contributed by atoms with van der Waals surface area (Å²) >= 11 is 1.50. The number of hydrogen-bond acceptors (Lipinski definition) is 4. The first-order valence-electron chi connectivity index (χ1n) is 10.2. The van der Waals surface area contributed by atoms with Crippen molar-refractivity contribution in [3.63, 3.8) is 0 Å². The van der Waals surface area contributed by atoms with E-state index in [0.29, 0.717) is 30.1 Å². The molecule has 0 bridgehead atoms. The average Bonchev–Trinajstić information content (AvgIpc) is 3.09. The van der Waals surface area contributed by atoms with Gasteiger partial charge < -0.3 is 14.0 Å². The van der Waals surface area contributed by atoms with E-state index in [4.69, 9.17) is 9.47 Å². The Hall–Kier alpha value is -2.60. The van der Waals surface area contributed by atoms with Crippen LogP contribution in [-0.2, 0) is 6.54 Å². The molecule has 1 heterocycles. The lowest BCUT2D eigenvalue weighted by Crippen LogP contribution is -2.16. The molecule has 0 unspecified atom stereocenters. The zero-order valence-corrected chi connectivity index (χ0v) is 18.1. The number of carbonyl (C=O) groups excluding carboxylic acids is 1. The van der Waals surface area contributed by atoms with Crippen molar-refractivity contribution < 1.29 is 14.3 Å². The maximum absolute atomic E-state index is 12.7. The standard InChI is InChI=1S/C23H28N2O3S/c1-4-7-8-16-28-18-14-12-17(13-15-18)22(26)24-23-25(5-2)21-19(27-6-3)10-9-11-20(21)29-23/h9-15H,4-8,16H2,1-3H3. The molecule has 154 valence electrons. The van der Waals surface area contributed by atoms with Crippen molar-refractivity contribution in [3.8, 4) is 11.5 Å². The lowest BCUT2D eigenvalue weighted by molar-refractivity contribution is 0.0998. The Morgan fingerprint density at radius 2 is 1.83 bits per heavy atom. The van der Waals surface area contributed by atoms with E-state index < -0.39 is 0 Å². The number of aromatic nitrogens is 1. The van der Waals surface area contributed by atoms with Crippen molar-refractivity contribution >= 4 is 27.5 Å². The second kappa shape index (κ2) is 10.3. The second-order valence-corrected chi connectivity index (χ2v) is 7.67. The Bertz CT molecular complexity index is 1020. The third kappa shape index (κ3) is 5.07. The zero-order chi connectivity index (χ0) is 20.6. The number of ether oxygens (including phenoxy) is 2. The number of nitrogens with zero attached hydrogens (tertiary/aromatic N) is 2. The Morgan fingerprint density at radius 3 is 2.52 bits per heavy atom. The molecule has 2 aromatic carbocycles. The van der Waals surface area contributed by atoms with Crippen LogP contribution in [0.5, 0.6) is 11.5 Å². The lowest BCUT2D eigenvalue weighted by Gasteiger charge is -2.07. The summed E-state index contributed by atoms with van der Waals surface area (Å²) < 4.78 is 14.6. The largest absolute Gasteiger partial charge is 0.494 e. The van der Waals surface area contributed by atoms with E-state index in [-0.39, 0.29) is 5.91 Å². The van der Waals surface area contributed by atoms with Crippen LogP contribution >= 0.6 is 11.3 Å². The minimum Gasteiger partial charge on any atom is -0.494 e. The predicted molar refractivity (Wildman–Crippen MR) is 118 cm³/mol. The molecule has 0 aliphatic rings. The highest BCUT2D eigenvalue weighted by Crippen LogP contribution is 2.27. The molecule has 0 saturated carbocycles. The molecule has 0 saturated heterocycles. The van der Waals surface area contributed by atoms with Gasteiger partial charge in [-0.15, -0.1) is 0 Å². The highest BCUT2D eigenvalue weighted by atomic mass is 32.1. The first-order valence-corrected chi connectivity index (χ1v) is 11.1. The predicted octanol–water partition coefficient (Wildman–Crippen LogP) is 5.43. The zero-order valence-electron chi connectivity index (χ0n) is 17.3. The SMILES string of the molecule is CCCCCOc1ccc(C(=O)N=c2sc3cccc(OCC)c3n2CC)cc1. The summed E-state index contributed by atoms with van der Waals surface area (Å²) in [7, 11) is 0. The van der Waals surface area contributed by atoms with Crippen LogP contribution in [0.1, 0.15) is 50.4 Å². The van der Waals surface area contributed by atoms with Crippen LogP contribution in [0.15, 0.2) is 47.5 Å². The van der Waals surface area contributed by atoms with Gasteiger partial charge in [0.1, 0.15) is 17.0 Å². The maximum atomic E-state index is 12.7. The first-order chi connectivity index (χ1) is 14.2. The number of aryl methyl sites for hydroxylation is 1. The molecule has 6 heteroatoms. The number of benzene rings is 2. The summed E-state index contributed by atoms with van der Waals surface area (Å²) in [6.07, 6.45) is 3.37. The minimum atomic E-state index is -0.255. The molecule has 1 aromatic heterocycles. The van der Waals surface area contributed by atoms with Gasteiger partial charge in [-0.1, -0.05) is 37.2 Å². The number of hydrogen-bond donors (Lipinski definition) is 0. The van der Waals surface area contributed by atoms with E-state index >= 15 is 0 Å². The molecular formula is C23H28N2O3S.